The van der Waals surface area contributed by atoms with E-state index in [1.54, 1.807) is 43.5 Å². The number of imidazole rings is 1. The number of nitrogens with zero attached hydrogens (tertiary/aromatic N) is 4. The minimum atomic E-state index is -0.549. The molecule has 5 rings (SSSR count). The highest BCUT2D eigenvalue weighted by atomic mass is 19.1. The third kappa shape index (κ3) is 5.56. The largest absolute Gasteiger partial charge is 0.493 e. The summed E-state index contributed by atoms with van der Waals surface area (Å²) in [5.74, 6) is 0.186. The third-order valence-corrected chi connectivity index (χ3v) is 6.10. The Morgan fingerprint density at radius 3 is 2.82 bits per heavy atom. The number of carbonyl (C=O) groups is 2. The van der Waals surface area contributed by atoms with Crippen molar-refractivity contribution >= 4 is 23.3 Å². The SMILES string of the molecule is [2H]COc1nc(C)c(-c2ccc3nc(NC(C)=O)cn3n2)cc1C(=O)NCc1cc(OCC2CC2)ccc1F. The zero-order valence-corrected chi connectivity index (χ0v) is 21.0. The predicted molar refractivity (Wildman–Crippen MR) is 138 cm³/mol. The van der Waals surface area contributed by atoms with Crippen molar-refractivity contribution in [2.24, 2.45) is 5.92 Å². The molecule has 0 bridgehead atoms. The van der Waals surface area contributed by atoms with E-state index in [-0.39, 0.29) is 29.5 Å². The number of carbonyl (C=O) groups excluding carboxylic acids is 2. The van der Waals surface area contributed by atoms with E-state index in [1.165, 1.54) is 17.5 Å². The number of benzene rings is 1. The molecule has 196 valence electrons. The topological polar surface area (TPSA) is 120 Å². The molecule has 2 N–H and O–H groups in total. The first-order valence-electron chi connectivity index (χ1n) is 12.8. The minimum absolute atomic E-state index is 0.0117. The minimum Gasteiger partial charge on any atom is -0.493 e. The number of halogens is 1. The van der Waals surface area contributed by atoms with Crippen LogP contribution in [0.15, 0.2) is 42.6 Å². The summed E-state index contributed by atoms with van der Waals surface area (Å²) in [5.41, 5.74) is 2.45. The van der Waals surface area contributed by atoms with Crippen molar-refractivity contribution in [1.29, 1.82) is 0 Å². The number of methoxy groups -OCH3 is 1. The molecule has 1 aliphatic carbocycles. The number of nitrogens with one attached hydrogen (secondary N) is 2. The lowest BCUT2D eigenvalue weighted by molar-refractivity contribution is -0.114. The fourth-order valence-electron chi connectivity index (χ4n) is 3.93. The molecule has 1 aromatic carbocycles. The normalized spacial score (nSPS) is 13.2. The quantitative estimate of drug-likeness (QED) is 0.344. The molecule has 3 heterocycles. The summed E-state index contributed by atoms with van der Waals surface area (Å²) in [4.78, 5) is 33.3. The molecule has 0 unspecified atom stereocenters. The average molecular weight is 520 g/mol. The van der Waals surface area contributed by atoms with E-state index in [0.29, 0.717) is 46.7 Å². The molecule has 0 saturated heterocycles. The number of anilines is 1. The van der Waals surface area contributed by atoms with Gasteiger partial charge in [0.1, 0.15) is 17.1 Å². The number of hydrogen-bond donors (Lipinski definition) is 2. The summed E-state index contributed by atoms with van der Waals surface area (Å²) in [6, 6.07) is 9.49. The van der Waals surface area contributed by atoms with Crippen molar-refractivity contribution in [1.82, 2.24) is 24.9 Å². The molecular weight excluding hydrogens is 491 g/mol. The second-order valence-electron chi connectivity index (χ2n) is 9.14. The molecule has 0 aliphatic heterocycles. The molecule has 1 saturated carbocycles. The van der Waals surface area contributed by atoms with Gasteiger partial charge >= 0.3 is 0 Å². The van der Waals surface area contributed by atoms with Crippen molar-refractivity contribution in [2.75, 3.05) is 19.0 Å². The van der Waals surface area contributed by atoms with Gasteiger partial charge in [0.25, 0.3) is 5.91 Å². The summed E-state index contributed by atoms with van der Waals surface area (Å²) in [6.45, 7) is 3.63. The van der Waals surface area contributed by atoms with Crippen LogP contribution in [0.3, 0.4) is 0 Å². The van der Waals surface area contributed by atoms with E-state index >= 15 is 0 Å². The van der Waals surface area contributed by atoms with Crippen LogP contribution in [0.2, 0.25) is 0 Å². The maximum Gasteiger partial charge on any atom is 0.257 e. The van der Waals surface area contributed by atoms with Crippen molar-refractivity contribution in [2.45, 2.75) is 33.2 Å². The molecule has 1 aliphatic rings. The summed E-state index contributed by atoms with van der Waals surface area (Å²) >= 11 is 0. The Morgan fingerprint density at radius 1 is 1.21 bits per heavy atom. The van der Waals surface area contributed by atoms with Gasteiger partial charge in [0.05, 0.1) is 32.6 Å². The molecule has 38 heavy (non-hydrogen) atoms. The Labute approximate surface area is 219 Å². The molecule has 3 aromatic heterocycles. The monoisotopic (exact) mass is 519 g/mol. The number of hydrogen-bond acceptors (Lipinski definition) is 7. The van der Waals surface area contributed by atoms with Crippen LogP contribution in [0.4, 0.5) is 10.2 Å². The van der Waals surface area contributed by atoms with Gasteiger partial charge in [0.2, 0.25) is 11.8 Å². The molecule has 2 amide bonds. The fraction of sp³-hybridized carbons (Fsp3) is 0.296. The van der Waals surface area contributed by atoms with Crippen LogP contribution in [0.5, 0.6) is 11.6 Å². The lowest BCUT2D eigenvalue weighted by atomic mass is 10.1. The van der Waals surface area contributed by atoms with Crippen LogP contribution < -0.4 is 20.1 Å². The molecule has 0 atom stereocenters. The molecule has 0 radical (unpaired) electrons. The number of ether oxygens (including phenoxy) is 2. The maximum absolute atomic E-state index is 14.5. The Balaban J connectivity index is 1.39. The Bertz CT molecular complexity index is 1560. The average Bonchev–Trinajstić information content (AvgIpc) is 3.65. The first-order valence-corrected chi connectivity index (χ1v) is 12.1. The number of rotatable bonds is 9. The summed E-state index contributed by atoms with van der Waals surface area (Å²) in [6.07, 6.45) is 3.86. The van der Waals surface area contributed by atoms with Gasteiger partial charge < -0.3 is 20.1 Å². The van der Waals surface area contributed by atoms with Gasteiger partial charge in [-0.1, -0.05) is 0 Å². The van der Waals surface area contributed by atoms with E-state index in [0.717, 1.165) is 12.8 Å². The Kier molecular flexibility index (Phi) is 6.55. The first-order chi connectivity index (χ1) is 18.8. The smallest absolute Gasteiger partial charge is 0.257 e. The van der Waals surface area contributed by atoms with E-state index in [4.69, 9.17) is 10.8 Å². The molecule has 0 spiro atoms. The lowest BCUT2D eigenvalue weighted by Crippen LogP contribution is -2.24. The fourth-order valence-corrected chi connectivity index (χ4v) is 3.93. The van der Waals surface area contributed by atoms with Crippen LogP contribution in [-0.2, 0) is 11.3 Å². The van der Waals surface area contributed by atoms with Gasteiger partial charge in [-0.25, -0.2) is 18.9 Å². The number of pyridine rings is 1. The van der Waals surface area contributed by atoms with Crippen molar-refractivity contribution in [3.05, 3.63) is 65.2 Å². The standard InChI is InChI=1S/C27H27FN6O4/c1-15-20(23-8-9-25-32-24(31-16(2)35)13-34(25)33-23)11-21(27(30-15)37-3)26(36)29-12-18-10-19(6-7-22(18)28)38-14-17-4-5-17/h6-11,13,17H,4-5,12,14H2,1-3H3,(H,29,36)(H,31,35)/i3D. The van der Waals surface area contributed by atoms with Gasteiger partial charge in [-0.2, -0.15) is 5.10 Å². The zero-order valence-electron chi connectivity index (χ0n) is 22.0. The number of amides is 2. The van der Waals surface area contributed by atoms with Gasteiger partial charge in [0.15, 0.2) is 11.5 Å². The molecular formula is C27H27FN6O4. The number of aryl methyl sites for hydroxylation is 1. The lowest BCUT2D eigenvalue weighted by Gasteiger charge is -2.13. The zero-order chi connectivity index (χ0) is 27.5. The Hall–Kier alpha value is -4.54. The highest BCUT2D eigenvalue weighted by molar-refractivity contribution is 5.97. The van der Waals surface area contributed by atoms with Crippen LogP contribution in [0, 0.1) is 18.7 Å². The maximum atomic E-state index is 14.5. The van der Waals surface area contributed by atoms with Crippen LogP contribution in [0.25, 0.3) is 16.9 Å². The van der Waals surface area contributed by atoms with Crippen LogP contribution in [-0.4, -0.2) is 45.1 Å². The van der Waals surface area contributed by atoms with Gasteiger partial charge in [-0.3, -0.25) is 9.59 Å². The van der Waals surface area contributed by atoms with E-state index in [2.05, 4.69) is 25.7 Å². The highest BCUT2D eigenvalue weighted by Crippen LogP contribution is 2.30. The summed E-state index contributed by atoms with van der Waals surface area (Å²) in [5, 5.41) is 9.88. The van der Waals surface area contributed by atoms with Gasteiger partial charge in [-0.05, 0) is 62.1 Å². The number of fused-ring (bicyclic) bond motifs is 1. The van der Waals surface area contributed by atoms with Crippen molar-refractivity contribution in [3.63, 3.8) is 0 Å². The summed E-state index contributed by atoms with van der Waals surface area (Å²) < 4.78 is 34.5. The number of aromatic nitrogens is 4. The molecule has 10 nitrogen and oxygen atoms in total. The molecule has 4 aromatic rings. The molecule has 1 fully saturated rings. The third-order valence-electron chi connectivity index (χ3n) is 6.10. The van der Waals surface area contributed by atoms with Crippen LogP contribution in [0.1, 0.15) is 42.8 Å². The van der Waals surface area contributed by atoms with E-state index in [9.17, 15) is 14.0 Å². The molecule has 11 heteroatoms. The van der Waals surface area contributed by atoms with Crippen molar-refractivity contribution < 1.29 is 24.8 Å². The van der Waals surface area contributed by atoms with E-state index in [1.807, 2.05) is 0 Å². The second-order valence-corrected chi connectivity index (χ2v) is 9.14. The second kappa shape index (κ2) is 10.4. The first kappa shape index (κ1) is 23.8. The highest BCUT2D eigenvalue weighted by Gasteiger charge is 2.22. The van der Waals surface area contributed by atoms with Crippen molar-refractivity contribution in [3.8, 4) is 22.9 Å². The van der Waals surface area contributed by atoms with Crippen LogP contribution >= 0.6 is 0 Å². The van der Waals surface area contributed by atoms with Gasteiger partial charge in [-0.15, -0.1) is 0 Å². The van der Waals surface area contributed by atoms with Gasteiger partial charge in [0, 0.05) is 24.6 Å². The van der Waals surface area contributed by atoms with E-state index < -0.39 is 18.8 Å². The Morgan fingerprint density at radius 2 is 2.05 bits per heavy atom. The predicted octanol–water partition coefficient (Wildman–Crippen LogP) is 3.92. The summed E-state index contributed by atoms with van der Waals surface area (Å²) in [7, 11) is -0.438.